The number of imidazole rings is 1. The molecule has 0 bridgehead atoms. The van der Waals surface area contributed by atoms with E-state index in [9.17, 15) is 0 Å². The van der Waals surface area contributed by atoms with Gasteiger partial charge in [0.2, 0.25) is 0 Å². The molecule has 0 fully saturated rings. The molecule has 0 spiro atoms. The molecule has 0 aliphatic rings. The Balaban J connectivity index is 2.58. The average molecular weight is 209 g/mol. The average Bonchev–Trinajstić information content (AvgIpc) is 2.50. The summed E-state index contributed by atoms with van der Waals surface area (Å²) in [6.07, 6.45) is 3.89. The Morgan fingerprint density at radius 2 is 2.07 bits per heavy atom. The molecule has 0 unspecified atom stereocenters. The molecule has 1 heterocycles. The molecule has 3 nitrogen and oxygen atoms in total. The molecule has 1 rings (SSSR count). The Kier molecular flexibility index (Phi) is 3.91. The Hall–Kier alpha value is -0.830. The van der Waals surface area contributed by atoms with Crippen molar-refractivity contribution in [2.45, 2.75) is 52.6 Å². The van der Waals surface area contributed by atoms with Gasteiger partial charge in [-0.3, -0.25) is 0 Å². The number of aromatic nitrogens is 2. The zero-order valence-electron chi connectivity index (χ0n) is 10.5. The van der Waals surface area contributed by atoms with E-state index in [2.05, 4.69) is 49.5 Å². The molecule has 1 aromatic heterocycles. The van der Waals surface area contributed by atoms with Gasteiger partial charge in [-0.25, -0.2) is 4.98 Å². The zero-order valence-corrected chi connectivity index (χ0v) is 10.5. The summed E-state index contributed by atoms with van der Waals surface area (Å²) >= 11 is 0. The van der Waals surface area contributed by atoms with Crippen molar-refractivity contribution >= 4 is 0 Å². The summed E-state index contributed by atoms with van der Waals surface area (Å²) in [5.74, 6) is 0. The molecular formula is C12H23N3. The maximum Gasteiger partial charge on any atom is 0.0948 e. The highest BCUT2D eigenvalue weighted by Crippen LogP contribution is 2.21. The van der Waals surface area contributed by atoms with Crippen molar-refractivity contribution in [2.24, 2.45) is 0 Å². The second kappa shape index (κ2) is 4.79. The van der Waals surface area contributed by atoms with Gasteiger partial charge in [0.05, 0.1) is 6.33 Å². The fourth-order valence-electron chi connectivity index (χ4n) is 1.60. The number of hydrogen-bond acceptors (Lipinski definition) is 2. The highest BCUT2D eigenvalue weighted by Gasteiger charge is 2.17. The van der Waals surface area contributed by atoms with Gasteiger partial charge in [0.25, 0.3) is 0 Å². The van der Waals surface area contributed by atoms with E-state index in [4.69, 9.17) is 0 Å². The predicted molar refractivity (Wildman–Crippen MR) is 64.1 cm³/mol. The summed E-state index contributed by atoms with van der Waals surface area (Å²) in [6.45, 7) is 13.0. The third kappa shape index (κ3) is 3.67. The first-order valence-electron chi connectivity index (χ1n) is 5.65. The van der Waals surface area contributed by atoms with Crippen molar-refractivity contribution in [1.82, 2.24) is 14.9 Å². The molecule has 0 aromatic carbocycles. The summed E-state index contributed by atoms with van der Waals surface area (Å²) in [7, 11) is 0. The normalized spacial score (nSPS) is 12.4. The van der Waals surface area contributed by atoms with Crippen LogP contribution in [-0.4, -0.2) is 22.1 Å². The summed E-state index contributed by atoms with van der Waals surface area (Å²) in [5, 5.41) is 3.41. The van der Waals surface area contributed by atoms with Gasteiger partial charge in [0, 0.05) is 36.4 Å². The van der Waals surface area contributed by atoms with Crippen LogP contribution in [0.25, 0.3) is 0 Å². The molecule has 0 atom stereocenters. The molecular weight excluding hydrogens is 186 g/mol. The lowest BCUT2D eigenvalue weighted by Crippen LogP contribution is -2.28. The van der Waals surface area contributed by atoms with Crippen molar-refractivity contribution in [1.29, 1.82) is 0 Å². The van der Waals surface area contributed by atoms with Gasteiger partial charge < -0.3 is 9.88 Å². The minimum atomic E-state index is 0.175. The van der Waals surface area contributed by atoms with E-state index < -0.39 is 0 Å². The first-order chi connectivity index (χ1) is 6.91. The Labute approximate surface area is 92.9 Å². The second-order valence-electron chi connectivity index (χ2n) is 5.33. The first kappa shape index (κ1) is 12.2. The van der Waals surface area contributed by atoms with Crippen molar-refractivity contribution < 1.29 is 0 Å². The summed E-state index contributed by atoms with van der Waals surface area (Å²) in [6, 6.07) is 0.548. The smallest absolute Gasteiger partial charge is 0.0948 e. The molecule has 15 heavy (non-hydrogen) atoms. The molecule has 0 saturated heterocycles. The van der Waals surface area contributed by atoms with E-state index >= 15 is 0 Å². The van der Waals surface area contributed by atoms with Gasteiger partial charge in [0.15, 0.2) is 0 Å². The lowest BCUT2D eigenvalue weighted by molar-refractivity contribution is 0.488. The van der Waals surface area contributed by atoms with Gasteiger partial charge >= 0.3 is 0 Å². The van der Waals surface area contributed by atoms with E-state index in [-0.39, 0.29) is 5.41 Å². The summed E-state index contributed by atoms with van der Waals surface area (Å²) < 4.78 is 2.23. The first-order valence-corrected chi connectivity index (χ1v) is 5.65. The van der Waals surface area contributed by atoms with E-state index in [1.165, 1.54) is 5.69 Å². The maximum absolute atomic E-state index is 4.22. The fourth-order valence-corrected chi connectivity index (χ4v) is 1.60. The van der Waals surface area contributed by atoms with Gasteiger partial charge in [-0.1, -0.05) is 34.6 Å². The minimum absolute atomic E-state index is 0.175. The molecule has 0 aliphatic carbocycles. The van der Waals surface area contributed by atoms with Crippen LogP contribution >= 0.6 is 0 Å². The number of hydrogen-bond donors (Lipinski definition) is 1. The van der Waals surface area contributed by atoms with Gasteiger partial charge in [-0.05, 0) is 0 Å². The van der Waals surface area contributed by atoms with Crippen LogP contribution in [0.15, 0.2) is 12.5 Å². The van der Waals surface area contributed by atoms with Gasteiger partial charge in [0.1, 0.15) is 0 Å². The standard InChI is InChI=1S/C12H23N3/c1-10(2)14-6-7-15-9-13-8-11(15)12(3,4)5/h8-10,14H,6-7H2,1-5H3. The lowest BCUT2D eigenvalue weighted by Gasteiger charge is -2.21. The lowest BCUT2D eigenvalue weighted by atomic mass is 9.92. The van der Waals surface area contributed by atoms with Crippen LogP contribution in [0, 0.1) is 0 Å². The van der Waals surface area contributed by atoms with Crippen LogP contribution in [0.2, 0.25) is 0 Å². The number of nitrogens with zero attached hydrogens (tertiary/aromatic N) is 2. The van der Waals surface area contributed by atoms with E-state index in [0.717, 1.165) is 13.1 Å². The molecule has 1 aromatic rings. The molecule has 0 radical (unpaired) electrons. The molecule has 1 N–H and O–H groups in total. The maximum atomic E-state index is 4.22. The monoisotopic (exact) mass is 209 g/mol. The minimum Gasteiger partial charge on any atom is -0.333 e. The number of rotatable bonds is 4. The van der Waals surface area contributed by atoms with Crippen LogP contribution in [0.1, 0.15) is 40.3 Å². The van der Waals surface area contributed by atoms with E-state index in [1.807, 2.05) is 12.5 Å². The van der Waals surface area contributed by atoms with Crippen molar-refractivity contribution in [3.05, 3.63) is 18.2 Å². The quantitative estimate of drug-likeness (QED) is 0.823. The van der Waals surface area contributed by atoms with Gasteiger partial charge in [-0.15, -0.1) is 0 Å². The SMILES string of the molecule is CC(C)NCCn1cncc1C(C)(C)C. The van der Waals surface area contributed by atoms with Crippen LogP contribution in [0.5, 0.6) is 0 Å². The van der Waals surface area contributed by atoms with Gasteiger partial charge in [-0.2, -0.15) is 0 Å². The largest absolute Gasteiger partial charge is 0.333 e. The highest BCUT2D eigenvalue weighted by molar-refractivity contribution is 5.10. The highest BCUT2D eigenvalue weighted by atomic mass is 15.1. The van der Waals surface area contributed by atoms with Crippen molar-refractivity contribution in [2.75, 3.05) is 6.54 Å². The Morgan fingerprint density at radius 1 is 1.40 bits per heavy atom. The third-order valence-corrected chi connectivity index (χ3v) is 2.39. The van der Waals surface area contributed by atoms with E-state index in [1.54, 1.807) is 0 Å². The van der Waals surface area contributed by atoms with Crippen LogP contribution in [0.4, 0.5) is 0 Å². The van der Waals surface area contributed by atoms with Crippen LogP contribution in [-0.2, 0) is 12.0 Å². The van der Waals surface area contributed by atoms with Crippen molar-refractivity contribution in [3.63, 3.8) is 0 Å². The third-order valence-electron chi connectivity index (χ3n) is 2.39. The summed E-state index contributed by atoms with van der Waals surface area (Å²) in [5.41, 5.74) is 1.47. The molecule has 3 heteroatoms. The molecule has 0 saturated carbocycles. The topological polar surface area (TPSA) is 29.9 Å². The van der Waals surface area contributed by atoms with E-state index in [0.29, 0.717) is 6.04 Å². The van der Waals surface area contributed by atoms with Crippen LogP contribution < -0.4 is 5.32 Å². The van der Waals surface area contributed by atoms with Crippen molar-refractivity contribution in [3.8, 4) is 0 Å². The molecule has 86 valence electrons. The molecule has 0 amide bonds. The Bertz CT molecular complexity index is 294. The molecule has 0 aliphatic heterocycles. The Morgan fingerprint density at radius 3 is 2.60 bits per heavy atom. The summed E-state index contributed by atoms with van der Waals surface area (Å²) in [4.78, 5) is 4.22. The van der Waals surface area contributed by atoms with Crippen LogP contribution in [0.3, 0.4) is 0 Å². The fraction of sp³-hybridized carbons (Fsp3) is 0.750. The predicted octanol–water partition coefficient (Wildman–Crippen LogP) is 2.18. The zero-order chi connectivity index (χ0) is 11.5. The second-order valence-corrected chi connectivity index (χ2v) is 5.33. The number of nitrogens with one attached hydrogen (secondary N) is 1.